The molecule has 0 aliphatic carbocycles. The first-order valence-electron chi connectivity index (χ1n) is 13.5. The molecule has 5 heterocycles. The smallest absolute Gasteiger partial charge is 0.247 e. The van der Waals surface area contributed by atoms with Crippen molar-refractivity contribution >= 4 is 46.3 Å². The number of aromatic nitrogens is 6. The molecule has 0 saturated heterocycles. The molecule has 41 heavy (non-hydrogen) atoms. The molecule has 0 radical (unpaired) electrons. The minimum Gasteiger partial charge on any atom is -0.330 e. The van der Waals surface area contributed by atoms with Gasteiger partial charge in [-0.2, -0.15) is 5.10 Å². The van der Waals surface area contributed by atoms with Crippen LogP contribution in [0.2, 0.25) is 10.2 Å². The third-order valence-electron chi connectivity index (χ3n) is 7.75. The number of anilines is 1. The number of fused-ring (bicyclic) bond motifs is 4. The number of aryl methyl sites for hydroxylation is 1. The molecule has 3 aromatic heterocycles. The van der Waals surface area contributed by atoms with Crippen molar-refractivity contribution < 1.29 is 9.59 Å². The van der Waals surface area contributed by atoms with Crippen molar-refractivity contribution in [3.63, 3.8) is 0 Å². The summed E-state index contributed by atoms with van der Waals surface area (Å²) in [6.07, 6.45) is 9.45. The van der Waals surface area contributed by atoms with Gasteiger partial charge in [-0.1, -0.05) is 41.8 Å². The molecule has 10 nitrogen and oxygen atoms in total. The lowest BCUT2D eigenvalue weighted by Crippen LogP contribution is -2.38. The molecule has 2 aliphatic heterocycles. The van der Waals surface area contributed by atoms with Crippen LogP contribution in [-0.2, 0) is 16.6 Å². The van der Waals surface area contributed by atoms with Gasteiger partial charge in [0.1, 0.15) is 0 Å². The number of hydrogen-bond donors (Lipinski definition) is 1. The van der Waals surface area contributed by atoms with E-state index in [0.717, 1.165) is 40.2 Å². The number of carbonyl (C=O) groups excluding carboxylic acids is 2. The van der Waals surface area contributed by atoms with E-state index >= 15 is 0 Å². The van der Waals surface area contributed by atoms with Gasteiger partial charge < -0.3 is 10.2 Å². The Hall–Kier alpha value is -4.02. The topological polar surface area (TPSA) is 111 Å². The number of nitrogens with zero attached hydrogens (tertiary/aromatic N) is 7. The van der Waals surface area contributed by atoms with Gasteiger partial charge in [-0.15, -0.1) is 5.10 Å². The van der Waals surface area contributed by atoms with Crippen LogP contribution in [0.15, 0.2) is 55.0 Å². The molecule has 0 spiro atoms. The van der Waals surface area contributed by atoms with E-state index < -0.39 is 0 Å². The van der Waals surface area contributed by atoms with Crippen LogP contribution in [0.3, 0.4) is 0 Å². The van der Waals surface area contributed by atoms with Gasteiger partial charge in [0, 0.05) is 47.9 Å². The lowest BCUT2D eigenvalue weighted by Gasteiger charge is -2.34. The molecule has 2 amide bonds. The molecule has 0 fully saturated rings. The number of nitrogens with one attached hydrogen (secondary N) is 1. The van der Waals surface area contributed by atoms with Crippen LogP contribution in [0, 0.1) is 5.92 Å². The van der Waals surface area contributed by atoms with Gasteiger partial charge in [0.05, 0.1) is 41.2 Å². The molecule has 12 heteroatoms. The minimum atomic E-state index is -0.250. The highest BCUT2D eigenvalue weighted by molar-refractivity contribution is 6.31. The number of halogens is 2. The van der Waals surface area contributed by atoms with Crippen LogP contribution in [0.25, 0.3) is 22.5 Å². The van der Waals surface area contributed by atoms with Gasteiger partial charge in [0.15, 0.2) is 5.15 Å². The number of rotatable bonds is 3. The molecule has 4 aromatic rings. The highest BCUT2D eigenvalue weighted by Crippen LogP contribution is 2.37. The van der Waals surface area contributed by atoms with Crippen molar-refractivity contribution in [3.05, 3.63) is 76.4 Å². The van der Waals surface area contributed by atoms with E-state index in [0.29, 0.717) is 36.5 Å². The first-order valence-corrected chi connectivity index (χ1v) is 14.2. The van der Waals surface area contributed by atoms with Crippen molar-refractivity contribution in [2.24, 2.45) is 13.0 Å². The van der Waals surface area contributed by atoms with Gasteiger partial charge in [0.25, 0.3) is 0 Å². The maximum absolute atomic E-state index is 13.8. The lowest BCUT2D eigenvalue weighted by atomic mass is 9.93. The van der Waals surface area contributed by atoms with Crippen LogP contribution in [-0.4, -0.2) is 53.0 Å². The summed E-state index contributed by atoms with van der Waals surface area (Å²) in [5.41, 5.74) is 5.53. The monoisotopic (exact) mass is 590 g/mol. The second-order valence-electron chi connectivity index (χ2n) is 10.4. The lowest BCUT2D eigenvalue weighted by molar-refractivity contribution is -0.129. The molecule has 1 unspecified atom stereocenters. The standard InChI is InChI=1S/C29H28Cl2N8O2/c1-17-4-3-5-25(22-12-19(8-10-32-22)28-23(34-29(17)41)15-33-37(28)2)38-11-9-18(13-27(38)40)21-14-20(30)6-7-24(21)39-16-26(31)35-36-39/h6-8,10,12-17,25H,3-5,9,11H2,1-2H3,(H,34,41)/t17-,25?/m1/s1. The van der Waals surface area contributed by atoms with Crippen LogP contribution in [0.1, 0.15) is 49.9 Å². The molecule has 2 atom stereocenters. The molecule has 2 aliphatic rings. The predicted octanol–water partition coefficient (Wildman–Crippen LogP) is 5.49. The summed E-state index contributed by atoms with van der Waals surface area (Å²) < 4.78 is 3.32. The Morgan fingerprint density at radius 2 is 1.95 bits per heavy atom. The Balaban J connectivity index is 1.36. The fourth-order valence-electron chi connectivity index (χ4n) is 5.62. The van der Waals surface area contributed by atoms with Gasteiger partial charge in [-0.05, 0) is 55.2 Å². The number of carbonyl (C=O) groups is 2. The Bertz CT molecular complexity index is 1680. The number of amides is 2. The first kappa shape index (κ1) is 27.2. The quantitative estimate of drug-likeness (QED) is 0.338. The van der Waals surface area contributed by atoms with Crippen LogP contribution >= 0.6 is 23.2 Å². The van der Waals surface area contributed by atoms with E-state index in [-0.39, 0.29) is 28.9 Å². The summed E-state index contributed by atoms with van der Waals surface area (Å²) in [7, 11) is 1.84. The molecular weight excluding hydrogens is 563 g/mol. The normalized spacial score (nSPS) is 19.6. The second-order valence-corrected chi connectivity index (χ2v) is 11.3. The molecule has 1 N–H and O–H groups in total. The average Bonchev–Trinajstić information content (AvgIpc) is 3.55. The SMILES string of the molecule is C[C@@H]1CCCC(N2CCC(c3cc(Cl)ccc3-n3cc(Cl)nn3)=CC2=O)c2cc(ccn2)-c2c(cnn2C)NC1=O. The summed E-state index contributed by atoms with van der Waals surface area (Å²) in [6.45, 7) is 2.42. The maximum atomic E-state index is 13.8. The van der Waals surface area contributed by atoms with E-state index in [4.69, 9.17) is 28.2 Å². The van der Waals surface area contributed by atoms with Gasteiger partial charge in [-0.25, -0.2) is 4.68 Å². The Morgan fingerprint density at radius 1 is 1.10 bits per heavy atom. The first-order chi connectivity index (χ1) is 19.8. The maximum Gasteiger partial charge on any atom is 0.247 e. The molecule has 2 bridgehead atoms. The summed E-state index contributed by atoms with van der Waals surface area (Å²) >= 11 is 12.4. The average molecular weight is 592 g/mol. The zero-order valence-corrected chi connectivity index (χ0v) is 24.1. The summed E-state index contributed by atoms with van der Waals surface area (Å²) in [6, 6.07) is 9.09. The highest BCUT2D eigenvalue weighted by Gasteiger charge is 2.31. The van der Waals surface area contributed by atoms with Crippen molar-refractivity contribution in [1.82, 2.24) is 34.7 Å². The Morgan fingerprint density at radius 3 is 2.73 bits per heavy atom. The number of pyridine rings is 1. The number of benzene rings is 1. The summed E-state index contributed by atoms with van der Waals surface area (Å²) in [4.78, 5) is 33.3. The van der Waals surface area contributed by atoms with Crippen molar-refractivity contribution in [1.29, 1.82) is 0 Å². The molecule has 0 saturated carbocycles. The third-order valence-corrected chi connectivity index (χ3v) is 8.16. The fraction of sp³-hybridized carbons (Fsp3) is 0.310. The molecular formula is C29H28Cl2N8O2. The molecule has 210 valence electrons. The van der Waals surface area contributed by atoms with Crippen molar-refractivity contribution in [2.45, 2.75) is 38.6 Å². The van der Waals surface area contributed by atoms with E-state index in [1.54, 1.807) is 40.1 Å². The summed E-state index contributed by atoms with van der Waals surface area (Å²) in [5, 5.41) is 16.2. The van der Waals surface area contributed by atoms with Crippen molar-refractivity contribution in [2.75, 3.05) is 11.9 Å². The van der Waals surface area contributed by atoms with Crippen LogP contribution < -0.4 is 5.32 Å². The van der Waals surface area contributed by atoms with Crippen LogP contribution in [0.5, 0.6) is 0 Å². The minimum absolute atomic E-state index is 0.0433. The van der Waals surface area contributed by atoms with E-state index in [1.165, 1.54) is 0 Å². The zero-order chi connectivity index (χ0) is 28.7. The van der Waals surface area contributed by atoms with Crippen molar-refractivity contribution in [3.8, 4) is 16.9 Å². The van der Waals surface area contributed by atoms with Gasteiger partial charge in [0.2, 0.25) is 11.8 Å². The highest BCUT2D eigenvalue weighted by atomic mass is 35.5. The van der Waals surface area contributed by atoms with E-state index in [9.17, 15) is 9.59 Å². The molecule has 6 rings (SSSR count). The van der Waals surface area contributed by atoms with Crippen LogP contribution in [0.4, 0.5) is 5.69 Å². The van der Waals surface area contributed by atoms with E-state index in [2.05, 4.69) is 20.7 Å². The third kappa shape index (κ3) is 5.37. The Labute approximate surface area is 247 Å². The van der Waals surface area contributed by atoms with E-state index in [1.807, 2.05) is 43.1 Å². The largest absolute Gasteiger partial charge is 0.330 e. The summed E-state index contributed by atoms with van der Waals surface area (Å²) in [5.74, 6) is -0.340. The zero-order valence-electron chi connectivity index (χ0n) is 22.6. The number of hydrogen-bond acceptors (Lipinski definition) is 6. The fourth-order valence-corrected chi connectivity index (χ4v) is 5.92. The second kappa shape index (κ2) is 11.1. The predicted molar refractivity (Wildman–Crippen MR) is 157 cm³/mol. The Kier molecular flexibility index (Phi) is 7.35. The van der Waals surface area contributed by atoms with Gasteiger partial charge in [-0.3, -0.25) is 19.3 Å². The molecule has 1 aromatic carbocycles. The van der Waals surface area contributed by atoms with Gasteiger partial charge >= 0.3 is 0 Å².